The molecule has 10 nitrogen and oxygen atoms in total. The Hall–Kier alpha value is -3.95. The summed E-state index contributed by atoms with van der Waals surface area (Å²) in [5.41, 5.74) is -0.912. The highest BCUT2D eigenvalue weighted by Crippen LogP contribution is 2.30. The first-order valence-electron chi connectivity index (χ1n) is 9.07. The van der Waals surface area contributed by atoms with Gasteiger partial charge in [-0.25, -0.2) is 0 Å². The second-order valence-corrected chi connectivity index (χ2v) is 6.13. The molecule has 10 heteroatoms. The van der Waals surface area contributed by atoms with Gasteiger partial charge in [-0.3, -0.25) is 29.4 Å². The SMILES string of the molecule is CCOc1ccc(OCCOC(=O)CN2C(=O)c3cccc([N+](=O)[O-])c3C2=O)cc1. The predicted octanol–water partition coefficient (Wildman–Crippen LogP) is 2.21. The van der Waals surface area contributed by atoms with Crippen LogP contribution in [0, 0.1) is 10.1 Å². The third-order valence-electron chi connectivity index (χ3n) is 4.21. The molecule has 1 heterocycles. The van der Waals surface area contributed by atoms with Crippen LogP contribution >= 0.6 is 0 Å². The number of imide groups is 1. The maximum absolute atomic E-state index is 12.4. The molecular formula is C20H18N2O8. The molecule has 0 aromatic heterocycles. The lowest BCUT2D eigenvalue weighted by atomic mass is 10.1. The lowest BCUT2D eigenvalue weighted by Gasteiger charge is -2.13. The molecule has 0 spiro atoms. The van der Waals surface area contributed by atoms with E-state index < -0.39 is 34.9 Å². The van der Waals surface area contributed by atoms with E-state index >= 15 is 0 Å². The van der Waals surface area contributed by atoms with Crippen LogP contribution in [0.4, 0.5) is 5.69 Å². The second kappa shape index (κ2) is 9.03. The maximum Gasteiger partial charge on any atom is 0.326 e. The number of hydrogen-bond acceptors (Lipinski definition) is 8. The summed E-state index contributed by atoms with van der Waals surface area (Å²) in [6.45, 7) is 1.74. The number of benzene rings is 2. The highest BCUT2D eigenvalue weighted by atomic mass is 16.6. The molecule has 0 atom stereocenters. The highest BCUT2D eigenvalue weighted by Gasteiger charge is 2.41. The minimum absolute atomic E-state index is 0.0628. The number of carbonyl (C=O) groups is 3. The minimum atomic E-state index is -0.898. The van der Waals surface area contributed by atoms with Gasteiger partial charge in [0.1, 0.15) is 36.8 Å². The molecule has 156 valence electrons. The monoisotopic (exact) mass is 414 g/mol. The van der Waals surface area contributed by atoms with E-state index in [0.717, 1.165) is 6.07 Å². The van der Waals surface area contributed by atoms with Crippen molar-refractivity contribution in [1.29, 1.82) is 0 Å². The first kappa shape index (κ1) is 20.8. The molecule has 0 unspecified atom stereocenters. The van der Waals surface area contributed by atoms with E-state index in [0.29, 0.717) is 23.0 Å². The summed E-state index contributed by atoms with van der Waals surface area (Å²) >= 11 is 0. The molecule has 2 amide bonds. The van der Waals surface area contributed by atoms with Crippen LogP contribution in [0.5, 0.6) is 11.5 Å². The van der Waals surface area contributed by atoms with Gasteiger partial charge in [-0.05, 0) is 37.3 Å². The summed E-state index contributed by atoms with van der Waals surface area (Å²) in [4.78, 5) is 47.8. The largest absolute Gasteiger partial charge is 0.494 e. The number of nitro benzene ring substituents is 1. The first-order chi connectivity index (χ1) is 14.4. The number of hydrogen-bond donors (Lipinski definition) is 0. The Bertz CT molecular complexity index is 987. The van der Waals surface area contributed by atoms with Gasteiger partial charge in [-0.2, -0.15) is 0 Å². The maximum atomic E-state index is 12.4. The Kier molecular flexibility index (Phi) is 6.26. The van der Waals surface area contributed by atoms with Crippen LogP contribution in [0.3, 0.4) is 0 Å². The number of rotatable bonds is 9. The first-order valence-corrected chi connectivity index (χ1v) is 9.07. The van der Waals surface area contributed by atoms with Crippen molar-refractivity contribution in [3.63, 3.8) is 0 Å². The molecular weight excluding hydrogens is 396 g/mol. The Balaban J connectivity index is 1.50. The lowest BCUT2D eigenvalue weighted by Crippen LogP contribution is -2.36. The van der Waals surface area contributed by atoms with Crippen LogP contribution in [0.1, 0.15) is 27.6 Å². The molecule has 0 radical (unpaired) electrons. The lowest BCUT2D eigenvalue weighted by molar-refractivity contribution is -0.385. The van der Waals surface area contributed by atoms with E-state index in [1.54, 1.807) is 24.3 Å². The third-order valence-corrected chi connectivity index (χ3v) is 4.21. The van der Waals surface area contributed by atoms with Gasteiger partial charge < -0.3 is 14.2 Å². The number of carbonyl (C=O) groups excluding carboxylic acids is 3. The fraction of sp³-hybridized carbons (Fsp3) is 0.250. The predicted molar refractivity (Wildman–Crippen MR) is 103 cm³/mol. The van der Waals surface area contributed by atoms with E-state index in [4.69, 9.17) is 14.2 Å². The van der Waals surface area contributed by atoms with E-state index in [1.807, 2.05) is 6.92 Å². The summed E-state index contributed by atoms with van der Waals surface area (Å²) < 4.78 is 15.8. The van der Waals surface area contributed by atoms with Crippen molar-refractivity contribution in [3.8, 4) is 11.5 Å². The van der Waals surface area contributed by atoms with Gasteiger partial charge in [-0.1, -0.05) is 6.07 Å². The van der Waals surface area contributed by atoms with Crippen molar-refractivity contribution in [1.82, 2.24) is 4.90 Å². The van der Waals surface area contributed by atoms with Gasteiger partial charge in [0.05, 0.1) is 17.1 Å². The standard InChI is InChI=1S/C20H18N2O8/c1-2-28-13-6-8-14(9-7-13)29-10-11-30-17(23)12-21-19(24)15-4-3-5-16(22(26)27)18(15)20(21)25/h3-9H,2,10-12H2,1H3. The Labute approximate surface area is 171 Å². The summed E-state index contributed by atoms with van der Waals surface area (Å²) in [7, 11) is 0. The van der Waals surface area contributed by atoms with Gasteiger partial charge in [0.2, 0.25) is 0 Å². The van der Waals surface area contributed by atoms with E-state index in [2.05, 4.69) is 0 Å². The Morgan fingerprint density at radius 2 is 1.67 bits per heavy atom. The van der Waals surface area contributed by atoms with E-state index in [1.165, 1.54) is 12.1 Å². The van der Waals surface area contributed by atoms with Crippen LogP contribution in [0.2, 0.25) is 0 Å². The number of esters is 1. The van der Waals surface area contributed by atoms with Crippen molar-refractivity contribution in [2.24, 2.45) is 0 Å². The number of fused-ring (bicyclic) bond motifs is 1. The third kappa shape index (κ3) is 4.37. The number of ether oxygens (including phenoxy) is 3. The van der Waals surface area contributed by atoms with Crippen LogP contribution in [0.15, 0.2) is 42.5 Å². The van der Waals surface area contributed by atoms with Gasteiger partial charge >= 0.3 is 5.97 Å². The molecule has 30 heavy (non-hydrogen) atoms. The quantitative estimate of drug-likeness (QED) is 0.201. The average Bonchev–Trinajstić information content (AvgIpc) is 2.97. The van der Waals surface area contributed by atoms with Crippen molar-refractivity contribution < 1.29 is 33.5 Å². The van der Waals surface area contributed by atoms with Crippen LogP contribution in [-0.2, 0) is 9.53 Å². The minimum Gasteiger partial charge on any atom is -0.494 e. The average molecular weight is 414 g/mol. The fourth-order valence-electron chi connectivity index (χ4n) is 2.90. The van der Waals surface area contributed by atoms with E-state index in [-0.39, 0.29) is 24.3 Å². The summed E-state index contributed by atoms with van der Waals surface area (Å²) in [5.74, 6) is -1.24. The van der Waals surface area contributed by atoms with Gasteiger partial charge in [0.15, 0.2) is 0 Å². The summed E-state index contributed by atoms with van der Waals surface area (Å²) in [6, 6.07) is 10.6. The van der Waals surface area contributed by atoms with Gasteiger partial charge in [0.25, 0.3) is 17.5 Å². The normalized spacial score (nSPS) is 12.5. The molecule has 3 rings (SSSR count). The van der Waals surface area contributed by atoms with Crippen LogP contribution in [-0.4, -0.2) is 54.0 Å². The highest BCUT2D eigenvalue weighted by molar-refractivity contribution is 6.24. The smallest absolute Gasteiger partial charge is 0.326 e. The molecule has 2 aromatic rings. The Morgan fingerprint density at radius 3 is 2.30 bits per heavy atom. The van der Waals surface area contributed by atoms with Crippen molar-refractivity contribution in [2.45, 2.75) is 6.92 Å². The van der Waals surface area contributed by atoms with Gasteiger partial charge in [0, 0.05) is 6.07 Å². The molecule has 0 saturated heterocycles. The van der Waals surface area contributed by atoms with Crippen LogP contribution < -0.4 is 9.47 Å². The molecule has 0 saturated carbocycles. The molecule has 0 bridgehead atoms. The zero-order valence-corrected chi connectivity index (χ0v) is 16.0. The number of nitrogens with zero attached hydrogens (tertiary/aromatic N) is 2. The number of nitro groups is 1. The number of amides is 2. The molecule has 0 fully saturated rings. The van der Waals surface area contributed by atoms with E-state index in [9.17, 15) is 24.5 Å². The van der Waals surface area contributed by atoms with Crippen LogP contribution in [0.25, 0.3) is 0 Å². The fourth-order valence-corrected chi connectivity index (χ4v) is 2.90. The van der Waals surface area contributed by atoms with Crippen molar-refractivity contribution in [3.05, 3.63) is 63.7 Å². The zero-order chi connectivity index (χ0) is 21.7. The van der Waals surface area contributed by atoms with Gasteiger partial charge in [-0.15, -0.1) is 0 Å². The summed E-state index contributed by atoms with van der Waals surface area (Å²) in [6.07, 6.45) is 0. The topological polar surface area (TPSA) is 125 Å². The summed E-state index contributed by atoms with van der Waals surface area (Å²) in [5, 5.41) is 11.1. The Morgan fingerprint density at radius 1 is 1.00 bits per heavy atom. The second-order valence-electron chi connectivity index (χ2n) is 6.13. The molecule has 0 aliphatic carbocycles. The molecule has 0 N–H and O–H groups in total. The van der Waals surface area contributed by atoms with Crippen molar-refractivity contribution >= 4 is 23.5 Å². The van der Waals surface area contributed by atoms with Crippen molar-refractivity contribution in [2.75, 3.05) is 26.4 Å². The molecule has 2 aromatic carbocycles. The molecule has 1 aliphatic rings. The zero-order valence-electron chi connectivity index (χ0n) is 16.0. The molecule has 1 aliphatic heterocycles.